The highest BCUT2D eigenvalue weighted by Crippen LogP contribution is 2.58. The molecule has 2 aromatic rings. The Hall–Kier alpha value is -3.23. The first-order chi connectivity index (χ1) is 17.9. The minimum atomic E-state index is -1.03. The summed E-state index contributed by atoms with van der Waals surface area (Å²) >= 11 is 0. The number of ether oxygens (including phenoxy) is 1. The van der Waals surface area contributed by atoms with Gasteiger partial charge in [-0.15, -0.1) is 0 Å². The molecule has 0 aromatic heterocycles. The van der Waals surface area contributed by atoms with Crippen molar-refractivity contribution in [2.24, 2.45) is 11.8 Å². The van der Waals surface area contributed by atoms with E-state index in [1.54, 1.807) is 4.90 Å². The van der Waals surface area contributed by atoms with Gasteiger partial charge in [-0.05, 0) is 69.2 Å². The summed E-state index contributed by atoms with van der Waals surface area (Å²) in [6.45, 7) is 4.35. The fraction of sp³-hybridized carbons (Fsp3) is 0.483. The van der Waals surface area contributed by atoms with Crippen LogP contribution in [0.25, 0.3) is 0 Å². The third kappa shape index (κ3) is 4.42. The summed E-state index contributed by atoms with van der Waals surface area (Å²) in [6, 6.07) is 14.2. The third-order valence-electron chi connectivity index (χ3n) is 8.18. The largest absolute Gasteiger partial charge is 0.396 e. The Morgan fingerprint density at radius 1 is 1.00 bits per heavy atom. The molecule has 3 N–H and O–H groups in total. The third-order valence-corrected chi connectivity index (χ3v) is 8.18. The number of aliphatic hydroxyl groups is 1. The Labute approximate surface area is 217 Å². The number of benzene rings is 2. The predicted octanol–water partition coefficient (Wildman–Crippen LogP) is 3.42. The van der Waals surface area contributed by atoms with E-state index in [4.69, 9.17) is 4.74 Å². The van der Waals surface area contributed by atoms with Crippen LogP contribution in [-0.4, -0.2) is 58.6 Å². The monoisotopic (exact) mass is 505 g/mol. The van der Waals surface area contributed by atoms with Crippen LogP contribution in [-0.2, 0) is 19.1 Å². The Bertz CT molecular complexity index is 1170. The molecule has 5 atom stereocenters. The zero-order valence-electron chi connectivity index (χ0n) is 21.4. The lowest BCUT2D eigenvalue weighted by Gasteiger charge is -2.33. The second-order valence-corrected chi connectivity index (χ2v) is 10.5. The molecule has 3 aliphatic rings. The minimum absolute atomic E-state index is 0.0868. The molecule has 3 amide bonds. The molecule has 3 aliphatic heterocycles. The Morgan fingerprint density at radius 2 is 1.73 bits per heavy atom. The number of unbranched alkanes of at least 4 members (excludes halogenated alkanes) is 2. The van der Waals surface area contributed by atoms with Gasteiger partial charge in [-0.25, -0.2) is 0 Å². The van der Waals surface area contributed by atoms with E-state index in [0.717, 1.165) is 23.2 Å². The van der Waals surface area contributed by atoms with Crippen LogP contribution in [0.4, 0.5) is 11.4 Å². The summed E-state index contributed by atoms with van der Waals surface area (Å²) in [5.41, 5.74) is 2.26. The molecule has 3 heterocycles. The number of fused-ring (bicyclic) bond motifs is 1. The Kier molecular flexibility index (Phi) is 7.05. The fourth-order valence-corrected chi connectivity index (χ4v) is 6.52. The van der Waals surface area contributed by atoms with Gasteiger partial charge < -0.3 is 25.4 Å². The number of anilines is 2. The van der Waals surface area contributed by atoms with E-state index in [-0.39, 0.29) is 24.3 Å². The first-order valence-corrected chi connectivity index (χ1v) is 13.2. The highest BCUT2D eigenvalue weighted by molar-refractivity contribution is 6.05. The molecule has 3 saturated heterocycles. The van der Waals surface area contributed by atoms with Gasteiger partial charge >= 0.3 is 0 Å². The van der Waals surface area contributed by atoms with Crippen LogP contribution < -0.4 is 10.6 Å². The van der Waals surface area contributed by atoms with Gasteiger partial charge in [0, 0.05) is 24.5 Å². The lowest BCUT2D eigenvalue weighted by molar-refractivity contribution is -0.139. The fourth-order valence-electron chi connectivity index (χ4n) is 6.52. The summed E-state index contributed by atoms with van der Waals surface area (Å²) in [7, 11) is 0. The van der Waals surface area contributed by atoms with Gasteiger partial charge in [-0.1, -0.05) is 36.4 Å². The van der Waals surface area contributed by atoms with Crippen molar-refractivity contribution in [2.45, 2.75) is 63.7 Å². The van der Waals surface area contributed by atoms with Gasteiger partial charge in [0.05, 0.1) is 17.9 Å². The van der Waals surface area contributed by atoms with Gasteiger partial charge in [0.25, 0.3) is 0 Å². The quantitative estimate of drug-likeness (QED) is 0.453. The van der Waals surface area contributed by atoms with Crippen LogP contribution >= 0.6 is 0 Å². The van der Waals surface area contributed by atoms with E-state index in [2.05, 4.69) is 10.6 Å². The van der Waals surface area contributed by atoms with Gasteiger partial charge in [0.15, 0.2) is 0 Å². The van der Waals surface area contributed by atoms with Crippen molar-refractivity contribution in [3.63, 3.8) is 0 Å². The van der Waals surface area contributed by atoms with E-state index in [1.165, 1.54) is 0 Å². The Morgan fingerprint density at radius 3 is 2.43 bits per heavy atom. The first-order valence-electron chi connectivity index (χ1n) is 13.2. The predicted molar refractivity (Wildman–Crippen MR) is 140 cm³/mol. The van der Waals surface area contributed by atoms with E-state index >= 15 is 0 Å². The average Bonchev–Trinajstić information content (AvgIpc) is 3.52. The Balaban J connectivity index is 1.45. The number of likely N-dealkylation sites (tertiary alicyclic amines) is 1. The average molecular weight is 506 g/mol. The lowest BCUT2D eigenvalue weighted by atomic mass is 9.70. The van der Waals surface area contributed by atoms with Crippen molar-refractivity contribution in [1.82, 2.24) is 4.90 Å². The van der Waals surface area contributed by atoms with E-state index in [0.29, 0.717) is 37.9 Å². The number of aryl methyl sites for hydroxylation is 2. The maximum atomic E-state index is 13.9. The number of nitrogens with zero attached hydrogens (tertiary/aromatic N) is 1. The van der Waals surface area contributed by atoms with Crippen LogP contribution in [0.1, 0.15) is 43.2 Å². The molecule has 37 heavy (non-hydrogen) atoms. The van der Waals surface area contributed by atoms with E-state index in [9.17, 15) is 19.5 Å². The number of amides is 3. The zero-order valence-corrected chi connectivity index (χ0v) is 21.4. The SMILES string of the molecule is Cc1cccc(C)c1NC(=O)C1N(CCCCCO)C(=O)[C@@H]2[C@H](C(=O)Nc3ccccc3)[C@@H]3CCC12O3. The van der Waals surface area contributed by atoms with Crippen LogP contribution in [0, 0.1) is 25.7 Å². The van der Waals surface area contributed by atoms with Crippen molar-refractivity contribution in [1.29, 1.82) is 0 Å². The van der Waals surface area contributed by atoms with Crippen LogP contribution in [0.5, 0.6) is 0 Å². The zero-order chi connectivity index (χ0) is 26.2. The number of rotatable bonds is 9. The number of aliphatic hydroxyl groups excluding tert-OH is 1. The van der Waals surface area contributed by atoms with Gasteiger partial charge in [0.2, 0.25) is 17.7 Å². The molecule has 8 heteroatoms. The molecule has 2 aromatic carbocycles. The number of nitrogens with one attached hydrogen (secondary N) is 2. The topological polar surface area (TPSA) is 108 Å². The maximum Gasteiger partial charge on any atom is 0.250 e. The van der Waals surface area contributed by atoms with Gasteiger partial charge in [-0.3, -0.25) is 14.4 Å². The molecule has 8 nitrogen and oxygen atoms in total. The molecular formula is C29H35N3O5. The molecule has 2 bridgehead atoms. The molecule has 0 aliphatic carbocycles. The first kappa shape index (κ1) is 25.4. The van der Waals surface area contributed by atoms with Gasteiger partial charge in [-0.2, -0.15) is 0 Å². The molecule has 1 spiro atoms. The standard InChI is InChI=1S/C29H35N3O5/c1-18-10-9-11-19(2)24(18)31-27(35)25-29-15-14-21(37-29)22(26(34)30-20-12-5-3-6-13-20)23(29)28(36)32(25)16-7-4-8-17-33/h3,5-6,9-13,21-23,25,33H,4,7-8,14-17H2,1-2H3,(H,30,34)(H,31,35)/t21-,22+,23-,25?,29?/m0/s1. The number of hydrogen-bond donors (Lipinski definition) is 3. The number of para-hydroxylation sites is 2. The lowest BCUT2D eigenvalue weighted by Crippen LogP contribution is -2.53. The number of hydrogen-bond acceptors (Lipinski definition) is 5. The summed E-state index contributed by atoms with van der Waals surface area (Å²) in [5.74, 6) is -2.07. The molecule has 0 saturated carbocycles. The highest BCUT2D eigenvalue weighted by atomic mass is 16.5. The molecular weight excluding hydrogens is 470 g/mol. The summed E-state index contributed by atoms with van der Waals surface area (Å²) in [5, 5.41) is 15.2. The van der Waals surface area contributed by atoms with Gasteiger partial charge in [0.1, 0.15) is 11.6 Å². The summed E-state index contributed by atoms with van der Waals surface area (Å²) < 4.78 is 6.49. The molecule has 0 radical (unpaired) electrons. The van der Waals surface area contributed by atoms with Crippen molar-refractivity contribution < 1.29 is 24.2 Å². The number of carbonyl (C=O) groups is 3. The minimum Gasteiger partial charge on any atom is -0.396 e. The van der Waals surface area contributed by atoms with Crippen LogP contribution in [0.3, 0.4) is 0 Å². The van der Waals surface area contributed by atoms with E-state index in [1.807, 2.05) is 62.4 Å². The van der Waals surface area contributed by atoms with Crippen molar-refractivity contribution in [3.8, 4) is 0 Å². The molecule has 5 rings (SSSR count). The van der Waals surface area contributed by atoms with Crippen molar-refractivity contribution in [2.75, 3.05) is 23.8 Å². The summed E-state index contributed by atoms with van der Waals surface area (Å²) in [6.07, 6.45) is 2.82. The highest BCUT2D eigenvalue weighted by Gasteiger charge is 2.74. The molecule has 2 unspecified atom stereocenters. The van der Waals surface area contributed by atoms with Crippen molar-refractivity contribution in [3.05, 3.63) is 59.7 Å². The van der Waals surface area contributed by atoms with E-state index < -0.39 is 29.6 Å². The molecule has 196 valence electrons. The smallest absolute Gasteiger partial charge is 0.250 e. The maximum absolute atomic E-state index is 13.9. The number of carbonyl (C=O) groups excluding carboxylic acids is 3. The summed E-state index contributed by atoms with van der Waals surface area (Å²) in [4.78, 5) is 43.0. The van der Waals surface area contributed by atoms with Crippen LogP contribution in [0.15, 0.2) is 48.5 Å². The second kappa shape index (κ2) is 10.3. The second-order valence-electron chi connectivity index (χ2n) is 10.5. The molecule has 3 fully saturated rings. The van der Waals surface area contributed by atoms with Crippen LogP contribution in [0.2, 0.25) is 0 Å². The normalized spacial score (nSPS) is 27.9. The van der Waals surface area contributed by atoms with Crippen molar-refractivity contribution >= 4 is 29.1 Å².